The van der Waals surface area contributed by atoms with Gasteiger partial charge in [-0.1, -0.05) is 15.9 Å². The Labute approximate surface area is 129 Å². The minimum Gasteiger partial charge on any atom is -0.207 e. The van der Waals surface area contributed by atoms with E-state index in [1.807, 2.05) is 6.92 Å². The van der Waals surface area contributed by atoms with Crippen LogP contribution < -0.4 is 0 Å². The number of aryl methyl sites for hydroxylation is 1. The molecule has 2 rings (SSSR count). The monoisotopic (exact) mass is 406 g/mol. The van der Waals surface area contributed by atoms with Crippen LogP contribution in [-0.2, 0) is 10.0 Å². The van der Waals surface area contributed by atoms with Crippen LogP contribution in [-0.4, -0.2) is 25.3 Å². The molecule has 0 N–H and O–H groups in total. The Balaban J connectivity index is 2.52. The van der Waals surface area contributed by atoms with Crippen molar-refractivity contribution < 1.29 is 8.42 Å². The van der Waals surface area contributed by atoms with Gasteiger partial charge in [0, 0.05) is 15.5 Å². The second kappa shape index (κ2) is 5.52. The summed E-state index contributed by atoms with van der Waals surface area (Å²) in [7, 11) is -3.64. The minimum absolute atomic E-state index is 0.201. The number of hydrogen-bond donors (Lipinski definition) is 0. The van der Waals surface area contributed by atoms with E-state index in [-0.39, 0.29) is 4.90 Å². The molecule has 1 aliphatic rings. The summed E-state index contributed by atoms with van der Waals surface area (Å²) in [5.41, 5.74) is 0.948. The van der Waals surface area contributed by atoms with Crippen LogP contribution in [0.25, 0.3) is 0 Å². The first-order chi connectivity index (χ1) is 8.87. The number of sulfonamides is 1. The van der Waals surface area contributed by atoms with Crippen molar-refractivity contribution >= 4 is 41.9 Å². The lowest BCUT2D eigenvalue weighted by atomic mass is 10.2. The van der Waals surface area contributed by atoms with Gasteiger partial charge in [-0.05, 0) is 53.4 Å². The van der Waals surface area contributed by atoms with Crippen molar-refractivity contribution in [1.29, 1.82) is 5.26 Å². The van der Waals surface area contributed by atoms with Crippen molar-refractivity contribution in [2.75, 3.05) is 6.54 Å². The first-order valence-corrected chi connectivity index (χ1v) is 8.77. The Hall–Kier alpha value is -0.420. The van der Waals surface area contributed by atoms with Gasteiger partial charge in [0.25, 0.3) is 0 Å². The molecule has 0 aliphatic carbocycles. The third-order valence-electron chi connectivity index (χ3n) is 3.15. The van der Waals surface area contributed by atoms with Gasteiger partial charge in [-0.15, -0.1) is 0 Å². The third-order valence-corrected chi connectivity index (χ3v) is 6.87. The van der Waals surface area contributed by atoms with Crippen LogP contribution in [0.2, 0.25) is 0 Å². The van der Waals surface area contributed by atoms with Crippen molar-refractivity contribution in [3.8, 4) is 6.07 Å². The molecule has 1 aromatic carbocycles. The zero-order valence-corrected chi connectivity index (χ0v) is 14.2. The van der Waals surface area contributed by atoms with Crippen LogP contribution in [0.4, 0.5) is 0 Å². The lowest BCUT2D eigenvalue weighted by molar-refractivity contribution is 0.437. The van der Waals surface area contributed by atoms with Gasteiger partial charge in [-0.3, -0.25) is 0 Å². The van der Waals surface area contributed by atoms with E-state index in [1.165, 1.54) is 4.31 Å². The molecule has 0 radical (unpaired) electrons. The summed E-state index contributed by atoms with van der Waals surface area (Å²) in [6, 6.07) is 4.84. The SMILES string of the molecule is Cc1cc(Br)c(S(=O)(=O)N2CCCC2C#N)cc1Br. The first-order valence-electron chi connectivity index (χ1n) is 5.75. The number of benzene rings is 1. The Morgan fingerprint density at radius 3 is 2.68 bits per heavy atom. The summed E-state index contributed by atoms with van der Waals surface area (Å²) in [6.45, 7) is 2.29. The molecule has 1 fully saturated rings. The van der Waals surface area contributed by atoms with E-state index in [0.29, 0.717) is 17.4 Å². The fourth-order valence-electron chi connectivity index (χ4n) is 2.11. The van der Waals surface area contributed by atoms with Gasteiger partial charge in [0.05, 0.1) is 11.0 Å². The van der Waals surface area contributed by atoms with E-state index >= 15 is 0 Å². The quantitative estimate of drug-likeness (QED) is 0.756. The average Bonchev–Trinajstić information content (AvgIpc) is 2.82. The molecule has 1 saturated heterocycles. The Kier molecular flexibility index (Phi) is 4.35. The molecule has 4 nitrogen and oxygen atoms in total. The van der Waals surface area contributed by atoms with Crippen molar-refractivity contribution in [3.05, 3.63) is 26.6 Å². The van der Waals surface area contributed by atoms with E-state index in [4.69, 9.17) is 5.26 Å². The van der Waals surface area contributed by atoms with E-state index in [9.17, 15) is 8.42 Å². The van der Waals surface area contributed by atoms with E-state index in [2.05, 4.69) is 37.9 Å². The molecule has 1 aliphatic heterocycles. The van der Waals surface area contributed by atoms with Crippen LogP contribution in [0.15, 0.2) is 26.0 Å². The predicted octanol–water partition coefficient (Wildman–Crippen LogP) is 3.20. The summed E-state index contributed by atoms with van der Waals surface area (Å²) >= 11 is 6.64. The minimum atomic E-state index is -3.64. The van der Waals surface area contributed by atoms with E-state index in [1.54, 1.807) is 12.1 Å². The zero-order valence-electron chi connectivity index (χ0n) is 10.2. The van der Waals surface area contributed by atoms with Gasteiger partial charge in [-0.25, -0.2) is 8.42 Å². The topological polar surface area (TPSA) is 61.2 Å². The molecule has 102 valence electrons. The molecule has 0 aromatic heterocycles. The highest BCUT2D eigenvalue weighted by Gasteiger charge is 2.36. The van der Waals surface area contributed by atoms with Crippen molar-refractivity contribution in [2.24, 2.45) is 0 Å². The number of halogens is 2. The standard InChI is InChI=1S/C12H12Br2N2O2S/c1-8-5-11(14)12(6-10(8)13)19(17,18)16-4-2-3-9(16)7-15/h5-6,9H,2-4H2,1H3. The summed E-state index contributed by atoms with van der Waals surface area (Å²) in [5.74, 6) is 0. The van der Waals surface area contributed by atoms with Gasteiger partial charge in [0.1, 0.15) is 6.04 Å². The molecule has 1 heterocycles. The molecule has 19 heavy (non-hydrogen) atoms. The summed E-state index contributed by atoms with van der Waals surface area (Å²) in [6.07, 6.45) is 1.32. The molecule has 0 saturated carbocycles. The Morgan fingerprint density at radius 1 is 1.37 bits per heavy atom. The molecule has 1 unspecified atom stereocenters. The van der Waals surface area contributed by atoms with Crippen LogP contribution in [0.1, 0.15) is 18.4 Å². The second-order valence-corrected chi connectivity index (χ2v) is 8.00. The van der Waals surface area contributed by atoms with Gasteiger partial charge < -0.3 is 0 Å². The Morgan fingerprint density at radius 2 is 2.05 bits per heavy atom. The highest BCUT2D eigenvalue weighted by molar-refractivity contribution is 9.11. The van der Waals surface area contributed by atoms with Crippen molar-refractivity contribution in [2.45, 2.75) is 30.7 Å². The maximum Gasteiger partial charge on any atom is 0.245 e. The fraction of sp³-hybridized carbons (Fsp3) is 0.417. The number of nitrogens with zero attached hydrogens (tertiary/aromatic N) is 2. The molecule has 1 aromatic rings. The lowest BCUT2D eigenvalue weighted by Crippen LogP contribution is -2.34. The lowest BCUT2D eigenvalue weighted by Gasteiger charge is -2.20. The van der Waals surface area contributed by atoms with Crippen molar-refractivity contribution in [1.82, 2.24) is 4.31 Å². The first kappa shape index (κ1) is 15.0. The molecule has 0 spiro atoms. The highest BCUT2D eigenvalue weighted by atomic mass is 79.9. The second-order valence-electron chi connectivity index (χ2n) is 4.43. The van der Waals surface area contributed by atoms with Crippen molar-refractivity contribution in [3.63, 3.8) is 0 Å². The highest BCUT2D eigenvalue weighted by Crippen LogP contribution is 2.33. The summed E-state index contributed by atoms with van der Waals surface area (Å²) in [5, 5.41) is 9.04. The molecule has 7 heteroatoms. The maximum absolute atomic E-state index is 12.6. The molecule has 0 bridgehead atoms. The number of rotatable bonds is 2. The predicted molar refractivity (Wildman–Crippen MR) is 79.1 cm³/mol. The summed E-state index contributed by atoms with van der Waals surface area (Å²) < 4.78 is 27.8. The normalized spacial score (nSPS) is 20.4. The molecule has 0 amide bonds. The van der Waals surface area contributed by atoms with E-state index in [0.717, 1.165) is 16.5 Å². The average molecular weight is 408 g/mol. The van der Waals surface area contributed by atoms with E-state index < -0.39 is 16.1 Å². The largest absolute Gasteiger partial charge is 0.245 e. The summed E-state index contributed by atoms with van der Waals surface area (Å²) in [4.78, 5) is 0.201. The molecule has 1 atom stereocenters. The molecular formula is C12H12Br2N2O2S. The molecular weight excluding hydrogens is 396 g/mol. The van der Waals surface area contributed by atoms with Gasteiger partial charge >= 0.3 is 0 Å². The number of hydrogen-bond acceptors (Lipinski definition) is 3. The van der Waals surface area contributed by atoms with Gasteiger partial charge in [-0.2, -0.15) is 9.57 Å². The van der Waals surface area contributed by atoms with Crippen LogP contribution in [0.3, 0.4) is 0 Å². The smallest absolute Gasteiger partial charge is 0.207 e. The van der Waals surface area contributed by atoms with Crippen LogP contribution in [0.5, 0.6) is 0 Å². The maximum atomic E-state index is 12.6. The van der Waals surface area contributed by atoms with Gasteiger partial charge in [0.2, 0.25) is 10.0 Å². The fourth-order valence-corrected chi connectivity index (χ4v) is 5.36. The van der Waals surface area contributed by atoms with Gasteiger partial charge in [0.15, 0.2) is 0 Å². The van der Waals surface area contributed by atoms with Crippen LogP contribution >= 0.6 is 31.9 Å². The zero-order chi connectivity index (χ0) is 14.2. The Bertz CT molecular complexity index is 652. The third kappa shape index (κ3) is 2.72. The number of nitriles is 1. The van der Waals surface area contributed by atoms with Crippen LogP contribution in [0, 0.1) is 18.3 Å².